The predicted molar refractivity (Wildman–Crippen MR) is 88.0 cm³/mol. The summed E-state index contributed by atoms with van der Waals surface area (Å²) in [5.41, 5.74) is 11.2. The molecule has 0 spiro atoms. The summed E-state index contributed by atoms with van der Waals surface area (Å²) in [6, 6.07) is 9.61. The number of nitrogen functional groups attached to an aromatic ring is 1. The van der Waals surface area contributed by atoms with E-state index in [2.05, 4.69) is 5.16 Å². The van der Waals surface area contributed by atoms with E-state index in [0.717, 1.165) is 39.4 Å². The number of rotatable bonds is 3. The predicted octanol–water partition coefficient (Wildman–Crippen LogP) is 0.0596. The summed E-state index contributed by atoms with van der Waals surface area (Å²) < 4.78 is 21.5. The van der Waals surface area contributed by atoms with E-state index in [1.807, 2.05) is 37.3 Å². The van der Waals surface area contributed by atoms with Crippen molar-refractivity contribution in [3.8, 4) is 39.6 Å². The number of benzene rings is 2. The van der Waals surface area contributed by atoms with Crippen molar-refractivity contribution in [2.75, 3.05) is 19.6 Å². The molecule has 6 nitrogen and oxygen atoms in total. The summed E-state index contributed by atoms with van der Waals surface area (Å²) in [5, 5.41) is 2.94. The molecule has 0 saturated carbocycles. The Morgan fingerprint density at radius 1 is 1.12 bits per heavy atom. The molecule has 7 heteroatoms. The number of hydrogen-bond acceptors (Lipinski definition) is 5. The monoisotopic (exact) mass is 360 g/mol. The van der Waals surface area contributed by atoms with Gasteiger partial charge in [-0.2, -0.15) is 0 Å². The fraction of sp³-hybridized carbons (Fsp3) is 0.167. The van der Waals surface area contributed by atoms with Gasteiger partial charge in [-0.15, -0.1) is 0 Å². The van der Waals surface area contributed by atoms with Gasteiger partial charge in [-0.3, -0.25) is 0 Å². The topological polar surface area (TPSA) is 81.0 Å². The van der Waals surface area contributed by atoms with Crippen LogP contribution in [0.25, 0.3) is 22.4 Å². The van der Waals surface area contributed by atoms with Gasteiger partial charge < -0.3 is 32.4 Å². The molecule has 0 saturated heterocycles. The van der Waals surface area contributed by atoms with Gasteiger partial charge in [0, 0.05) is 0 Å². The van der Waals surface area contributed by atoms with E-state index in [1.54, 1.807) is 13.4 Å². The first-order valence-electron chi connectivity index (χ1n) is 7.51. The molecule has 0 radical (unpaired) electrons. The van der Waals surface area contributed by atoms with Crippen molar-refractivity contribution >= 4 is 5.69 Å². The standard InChI is InChI=1S/C18H16N2O4.ClH/c1-10-5-12(7-16-18(10)23-9-22-16)17-13(8-24-20-17)11-3-4-15(21-2)14(19)6-11;/h3-8H,9,19H2,1-2H3;1H. The highest BCUT2D eigenvalue weighted by Crippen LogP contribution is 2.41. The molecule has 0 amide bonds. The quantitative estimate of drug-likeness (QED) is 0.668. The number of anilines is 1. The van der Waals surface area contributed by atoms with Gasteiger partial charge in [0.15, 0.2) is 17.8 Å². The average molecular weight is 361 g/mol. The number of hydrogen-bond donors (Lipinski definition) is 1. The third-order valence-electron chi connectivity index (χ3n) is 4.09. The van der Waals surface area contributed by atoms with Crippen molar-refractivity contribution < 1.29 is 36.3 Å². The highest BCUT2D eigenvalue weighted by Gasteiger charge is 2.24. The molecule has 0 atom stereocenters. The van der Waals surface area contributed by atoms with E-state index in [1.165, 1.54) is 0 Å². The van der Waals surface area contributed by atoms with E-state index in [-0.39, 0.29) is 19.2 Å². The minimum absolute atomic E-state index is 0. The maximum absolute atomic E-state index is 6.02. The fourth-order valence-electron chi connectivity index (χ4n) is 2.92. The molecule has 0 bridgehead atoms. The highest BCUT2D eigenvalue weighted by molar-refractivity contribution is 5.81. The lowest BCUT2D eigenvalue weighted by Crippen LogP contribution is -3.00. The molecule has 1 aliphatic rings. The van der Waals surface area contributed by atoms with E-state index >= 15 is 0 Å². The van der Waals surface area contributed by atoms with E-state index in [9.17, 15) is 0 Å². The van der Waals surface area contributed by atoms with Crippen molar-refractivity contribution in [1.29, 1.82) is 0 Å². The summed E-state index contributed by atoms with van der Waals surface area (Å²) in [5.74, 6) is 2.17. The third-order valence-corrected chi connectivity index (χ3v) is 4.09. The number of nitrogens with one attached hydrogen (secondary N) is 1. The first-order valence-corrected chi connectivity index (χ1v) is 7.51. The van der Waals surface area contributed by atoms with Crippen LogP contribution in [0.15, 0.2) is 41.1 Å². The zero-order valence-electron chi connectivity index (χ0n) is 13.8. The summed E-state index contributed by atoms with van der Waals surface area (Å²) >= 11 is 0. The van der Waals surface area contributed by atoms with Crippen LogP contribution in [0.4, 0.5) is 5.69 Å². The Kier molecular flexibility index (Phi) is 4.46. The van der Waals surface area contributed by atoms with Crippen molar-refractivity contribution in [1.82, 2.24) is 0 Å². The number of aromatic nitrogens is 1. The summed E-state index contributed by atoms with van der Waals surface area (Å²) in [4.78, 5) is 0. The average Bonchev–Trinajstić information content (AvgIpc) is 3.23. The molecule has 25 heavy (non-hydrogen) atoms. The van der Waals surface area contributed by atoms with Gasteiger partial charge in [0.25, 0.3) is 5.69 Å². The van der Waals surface area contributed by atoms with Crippen LogP contribution in [0.1, 0.15) is 5.56 Å². The summed E-state index contributed by atoms with van der Waals surface area (Å²) in [7, 11) is 1.60. The van der Waals surface area contributed by atoms with Crippen LogP contribution in [0, 0.1) is 6.92 Å². The normalized spacial score (nSPS) is 11.9. The lowest BCUT2D eigenvalue weighted by atomic mass is 9.99. The lowest BCUT2D eigenvalue weighted by molar-refractivity contribution is -0.599. The zero-order valence-corrected chi connectivity index (χ0v) is 14.5. The Morgan fingerprint density at radius 3 is 2.72 bits per heavy atom. The van der Waals surface area contributed by atoms with Crippen LogP contribution in [0.5, 0.6) is 17.2 Å². The number of ether oxygens (including phenoxy) is 3. The summed E-state index contributed by atoms with van der Waals surface area (Å²) in [6.07, 6.45) is 1.66. The maximum Gasteiger partial charge on any atom is 0.267 e. The van der Waals surface area contributed by atoms with Crippen LogP contribution in [0.3, 0.4) is 0 Å². The van der Waals surface area contributed by atoms with Crippen molar-refractivity contribution in [2.45, 2.75) is 6.92 Å². The largest absolute Gasteiger partial charge is 1.00 e. The minimum Gasteiger partial charge on any atom is -1.00 e. The molecule has 0 fully saturated rings. The number of nitrogens with two attached hydrogens (primary N) is 1. The molecule has 4 rings (SSSR count). The Bertz CT molecular complexity index is 923. The molecule has 0 unspecified atom stereocenters. The van der Waals surface area contributed by atoms with Crippen LogP contribution in [-0.4, -0.2) is 13.9 Å². The second-order valence-corrected chi connectivity index (χ2v) is 5.61. The number of H-pyrrole nitrogens is 1. The van der Waals surface area contributed by atoms with Gasteiger partial charge in [0.05, 0.1) is 18.4 Å². The van der Waals surface area contributed by atoms with Gasteiger partial charge in [-0.05, 0) is 47.5 Å². The molecule has 1 aromatic heterocycles. The fourth-order valence-corrected chi connectivity index (χ4v) is 2.92. The molecule has 3 aromatic rings. The number of aromatic amines is 1. The smallest absolute Gasteiger partial charge is 0.267 e. The van der Waals surface area contributed by atoms with Crippen LogP contribution >= 0.6 is 0 Å². The third kappa shape index (κ3) is 2.85. The first-order chi connectivity index (χ1) is 11.7. The second kappa shape index (κ2) is 6.57. The molecule has 3 N–H and O–H groups in total. The van der Waals surface area contributed by atoms with E-state index in [4.69, 9.17) is 24.5 Å². The van der Waals surface area contributed by atoms with Gasteiger partial charge in [-0.1, -0.05) is 6.07 Å². The molecule has 130 valence electrons. The Labute approximate surface area is 150 Å². The molecular formula is C18H17ClN2O4. The second-order valence-electron chi connectivity index (χ2n) is 5.61. The van der Waals surface area contributed by atoms with Gasteiger partial charge in [-0.25, -0.2) is 4.52 Å². The number of aryl methyl sites for hydroxylation is 1. The van der Waals surface area contributed by atoms with Crippen molar-refractivity contribution in [3.05, 3.63) is 42.2 Å². The first kappa shape index (κ1) is 17.0. The highest BCUT2D eigenvalue weighted by atomic mass is 35.5. The summed E-state index contributed by atoms with van der Waals surface area (Å²) in [6.45, 7) is 2.23. The van der Waals surface area contributed by atoms with Crippen molar-refractivity contribution in [3.63, 3.8) is 0 Å². The minimum atomic E-state index is 0. The Balaban J connectivity index is 0.00000182. The number of halogens is 1. The Morgan fingerprint density at radius 2 is 1.96 bits per heavy atom. The number of methoxy groups -OCH3 is 1. The van der Waals surface area contributed by atoms with Gasteiger partial charge in [0.2, 0.25) is 6.79 Å². The van der Waals surface area contributed by atoms with Crippen LogP contribution < -0.4 is 37.5 Å². The molecule has 1 aliphatic heterocycles. The van der Waals surface area contributed by atoms with E-state index in [0.29, 0.717) is 11.4 Å². The Hall–Kier alpha value is -2.86. The van der Waals surface area contributed by atoms with Crippen LogP contribution in [-0.2, 0) is 0 Å². The maximum atomic E-state index is 6.02. The van der Waals surface area contributed by atoms with E-state index < -0.39 is 0 Å². The van der Waals surface area contributed by atoms with Crippen molar-refractivity contribution in [2.24, 2.45) is 0 Å². The van der Waals surface area contributed by atoms with Gasteiger partial charge in [0.1, 0.15) is 11.3 Å². The lowest BCUT2D eigenvalue weighted by Gasteiger charge is -2.06. The molecule has 2 heterocycles. The van der Waals surface area contributed by atoms with Crippen LogP contribution in [0.2, 0.25) is 0 Å². The molecule has 0 aliphatic carbocycles. The zero-order chi connectivity index (χ0) is 16.7. The number of fused-ring (bicyclic) bond motifs is 1. The molecular weight excluding hydrogens is 344 g/mol. The SMILES string of the molecule is COc1ccc(-c2co[nH+]c2-c2cc(C)c3c(c2)OCO3)cc1N.[Cl-]. The van der Waals surface area contributed by atoms with Gasteiger partial charge >= 0.3 is 0 Å². The molecule has 2 aromatic carbocycles.